The zero-order valence-electron chi connectivity index (χ0n) is 11.7. The molecular weight excluding hydrogens is 220 g/mol. The fourth-order valence-electron chi connectivity index (χ4n) is 1.84. The molecule has 1 unspecified atom stereocenters. The van der Waals surface area contributed by atoms with Crippen LogP contribution in [-0.2, 0) is 14.2 Å². The lowest BCUT2D eigenvalue weighted by atomic mass is 10.0. The van der Waals surface area contributed by atoms with Gasteiger partial charge in [0.05, 0.1) is 18.8 Å². The molecule has 0 aliphatic carbocycles. The highest BCUT2D eigenvalue weighted by Crippen LogP contribution is 2.14. The van der Waals surface area contributed by atoms with Crippen molar-refractivity contribution in [1.29, 1.82) is 0 Å². The Morgan fingerprint density at radius 1 is 1.00 bits per heavy atom. The van der Waals surface area contributed by atoms with Gasteiger partial charge in [0, 0.05) is 47.6 Å². The van der Waals surface area contributed by atoms with Crippen molar-refractivity contribution in [2.75, 3.05) is 60.8 Å². The van der Waals surface area contributed by atoms with Crippen LogP contribution in [0.1, 0.15) is 13.3 Å². The van der Waals surface area contributed by atoms with Crippen LogP contribution in [0.5, 0.6) is 0 Å². The minimum absolute atomic E-state index is 0.138. The summed E-state index contributed by atoms with van der Waals surface area (Å²) in [4.78, 5) is 2.32. The maximum absolute atomic E-state index is 5.88. The third-order valence-corrected chi connectivity index (χ3v) is 3.00. The van der Waals surface area contributed by atoms with Crippen LogP contribution in [0.25, 0.3) is 0 Å². The SMILES string of the molecule is COCCCN(CCOC)C(C)(CN)COC. The molecule has 0 aromatic rings. The molecule has 0 saturated carbocycles. The van der Waals surface area contributed by atoms with E-state index in [2.05, 4.69) is 11.8 Å². The van der Waals surface area contributed by atoms with Gasteiger partial charge < -0.3 is 19.9 Å². The quantitative estimate of drug-likeness (QED) is 0.534. The van der Waals surface area contributed by atoms with Crippen molar-refractivity contribution in [1.82, 2.24) is 4.90 Å². The Bertz CT molecular complexity index is 181. The van der Waals surface area contributed by atoms with E-state index in [0.29, 0.717) is 19.8 Å². The molecule has 0 bridgehead atoms. The van der Waals surface area contributed by atoms with Crippen LogP contribution in [0.2, 0.25) is 0 Å². The first-order valence-electron chi connectivity index (χ1n) is 6.06. The van der Waals surface area contributed by atoms with Crippen LogP contribution >= 0.6 is 0 Å². The standard InChI is InChI=1S/C12H28N2O3/c1-12(10-13,11-17-4)14(7-9-16-3)6-5-8-15-2/h5-11,13H2,1-4H3. The van der Waals surface area contributed by atoms with Gasteiger partial charge in [0.25, 0.3) is 0 Å². The molecule has 0 amide bonds. The maximum Gasteiger partial charge on any atom is 0.0656 e. The molecule has 0 aliphatic heterocycles. The smallest absolute Gasteiger partial charge is 0.0656 e. The van der Waals surface area contributed by atoms with Gasteiger partial charge in [-0.05, 0) is 13.3 Å². The first-order chi connectivity index (χ1) is 8.14. The summed E-state index contributed by atoms with van der Waals surface area (Å²) < 4.78 is 15.5. The Hall–Kier alpha value is -0.200. The Labute approximate surface area is 105 Å². The minimum atomic E-state index is -0.138. The van der Waals surface area contributed by atoms with Crippen LogP contribution in [0.3, 0.4) is 0 Å². The predicted octanol–water partition coefficient (Wildman–Crippen LogP) is 0.335. The molecule has 5 heteroatoms. The molecule has 5 nitrogen and oxygen atoms in total. The van der Waals surface area contributed by atoms with E-state index in [1.165, 1.54) is 0 Å². The molecule has 2 N–H and O–H groups in total. The Morgan fingerprint density at radius 3 is 2.12 bits per heavy atom. The summed E-state index contributed by atoms with van der Waals surface area (Å²) in [6.45, 7) is 6.58. The van der Waals surface area contributed by atoms with E-state index < -0.39 is 0 Å². The molecule has 0 fully saturated rings. The summed E-state index contributed by atoms with van der Waals surface area (Å²) in [5, 5.41) is 0. The van der Waals surface area contributed by atoms with Gasteiger partial charge in [0.2, 0.25) is 0 Å². The molecule has 0 aromatic carbocycles. The predicted molar refractivity (Wildman–Crippen MR) is 69.3 cm³/mol. The van der Waals surface area contributed by atoms with Gasteiger partial charge in [-0.1, -0.05) is 0 Å². The zero-order valence-corrected chi connectivity index (χ0v) is 11.7. The van der Waals surface area contributed by atoms with Gasteiger partial charge >= 0.3 is 0 Å². The lowest BCUT2D eigenvalue weighted by molar-refractivity contribution is 0.00811. The van der Waals surface area contributed by atoms with Crippen molar-refractivity contribution in [2.45, 2.75) is 18.9 Å². The average Bonchev–Trinajstić information content (AvgIpc) is 2.33. The number of rotatable bonds is 11. The normalized spacial score (nSPS) is 15.2. The molecule has 0 rings (SSSR count). The molecule has 0 saturated heterocycles. The highest BCUT2D eigenvalue weighted by molar-refractivity contribution is 4.87. The average molecular weight is 248 g/mol. The van der Waals surface area contributed by atoms with Crippen molar-refractivity contribution < 1.29 is 14.2 Å². The molecule has 1 atom stereocenters. The third-order valence-electron chi connectivity index (χ3n) is 3.00. The molecule has 0 radical (unpaired) electrons. The number of hydrogen-bond acceptors (Lipinski definition) is 5. The molecule has 0 heterocycles. The van der Waals surface area contributed by atoms with Crippen LogP contribution in [0.15, 0.2) is 0 Å². The third kappa shape index (κ3) is 6.33. The van der Waals surface area contributed by atoms with Crippen molar-refractivity contribution in [3.63, 3.8) is 0 Å². The van der Waals surface area contributed by atoms with E-state index in [4.69, 9.17) is 19.9 Å². The van der Waals surface area contributed by atoms with Crippen molar-refractivity contribution in [3.8, 4) is 0 Å². The second-order valence-corrected chi connectivity index (χ2v) is 4.46. The van der Waals surface area contributed by atoms with E-state index in [0.717, 1.165) is 26.1 Å². The summed E-state index contributed by atoms with van der Waals surface area (Å²) in [6.07, 6.45) is 0.986. The van der Waals surface area contributed by atoms with Gasteiger partial charge in [0.15, 0.2) is 0 Å². The van der Waals surface area contributed by atoms with Gasteiger partial charge in [-0.3, -0.25) is 4.90 Å². The zero-order chi connectivity index (χ0) is 13.1. The van der Waals surface area contributed by atoms with Crippen LogP contribution < -0.4 is 5.73 Å². The lowest BCUT2D eigenvalue weighted by Crippen LogP contribution is -2.56. The van der Waals surface area contributed by atoms with Crippen molar-refractivity contribution >= 4 is 0 Å². The van der Waals surface area contributed by atoms with Crippen LogP contribution in [0, 0.1) is 0 Å². The highest BCUT2D eigenvalue weighted by Gasteiger charge is 2.29. The van der Waals surface area contributed by atoms with Crippen LogP contribution in [0.4, 0.5) is 0 Å². The number of nitrogens with zero attached hydrogens (tertiary/aromatic N) is 1. The molecule has 0 spiro atoms. The summed E-state index contributed by atoms with van der Waals surface area (Å²) in [5.41, 5.74) is 5.74. The molecule has 0 aromatic heterocycles. The fourth-order valence-corrected chi connectivity index (χ4v) is 1.84. The molecule has 17 heavy (non-hydrogen) atoms. The van der Waals surface area contributed by atoms with E-state index >= 15 is 0 Å². The van der Waals surface area contributed by atoms with Gasteiger partial charge in [0.1, 0.15) is 0 Å². The molecular formula is C12H28N2O3. The number of methoxy groups -OCH3 is 3. The van der Waals surface area contributed by atoms with E-state index in [9.17, 15) is 0 Å². The summed E-state index contributed by atoms with van der Waals surface area (Å²) >= 11 is 0. The monoisotopic (exact) mass is 248 g/mol. The van der Waals surface area contributed by atoms with Gasteiger partial charge in [-0.25, -0.2) is 0 Å². The summed E-state index contributed by atoms with van der Waals surface area (Å²) in [5.74, 6) is 0. The summed E-state index contributed by atoms with van der Waals surface area (Å²) in [6, 6.07) is 0. The lowest BCUT2D eigenvalue weighted by Gasteiger charge is -2.40. The van der Waals surface area contributed by atoms with Crippen LogP contribution in [-0.4, -0.2) is 71.2 Å². The number of ether oxygens (including phenoxy) is 3. The van der Waals surface area contributed by atoms with E-state index in [1.807, 2.05) is 0 Å². The first kappa shape index (κ1) is 16.8. The maximum atomic E-state index is 5.88. The van der Waals surface area contributed by atoms with Crippen molar-refractivity contribution in [2.24, 2.45) is 5.73 Å². The largest absolute Gasteiger partial charge is 0.385 e. The van der Waals surface area contributed by atoms with Gasteiger partial charge in [-0.15, -0.1) is 0 Å². The van der Waals surface area contributed by atoms with Gasteiger partial charge in [-0.2, -0.15) is 0 Å². The first-order valence-corrected chi connectivity index (χ1v) is 6.06. The number of nitrogens with two attached hydrogens (primary N) is 1. The second kappa shape index (κ2) is 9.79. The fraction of sp³-hybridized carbons (Fsp3) is 1.00. The summed E-state index contributed by atoms with van der Waals surface area (Å²) in [7, 11) is 5.14. The highest BCUT2D eigenvalue weighted by atomic mass is 16.5. The Morgan fingerprint density at radius 2 is 1.65 bits per heavy atom. The number of hydrogen-bond donors (Lipinski definition) is 1. The van der Waals surface area contributed by atoms with E-state index in [1.54, 1.807) is 21.3 Å². The topological polar surface area (TPSA) is 57.0 Å². The molecule has 0 aliphatic rings. The van der Waals surface area contributed by atoms with Crippen molar-refractivity contribution in [3.05, 3.63) is 0 Å². The second-order valence-electron chi connectivity index (χ2n) is 4.46. The Kier molecular flexibility index (Phi) is 9.68. The molecule has 104 valence electrons. The minimum Gasteiger partial charge on any atom is -0.385 e. The van der Waals surface area contributed by atoms with E-state index in [-0.39, 0.29) is 5.54 Å². The Balaban J connectivity index is 4.38.